The highest BCUT2D eigenvalue weighted by atomic mass is 16.1. The summed E-state index contributed by atoms with van der Waals surface area (Å²) in [7, 11) is 0. The summed E-state index contributed by atoms with van der Waals surface area (Å²) in [5.41, 5.74) is 0. The lowest BCUT2D eigenvalue weighted by atomic mass is 10.1. The largest absolute Gasteiger partial charge is 0.300 e. The molecule has 0 saturated heterocycles. The minimum atomic E-state index is -0.0865. The summed E-state index contributed by atoms with van der Waals surface area (Å²) in [4.78, 5) is 32.0. The van der Waals surface area contributed by atoms with Crippen molar-refractivity contribution < 1.29 is 14.4 Å². The van der Waals surface area contributed by atoms with Crippen LogP contribution in [0.3, 0.4) is 0 Å². The van der Waals surface area contributed by atoms with Crippen LogP contribution >= 0.6 is 0 Å². The number of ketones is 3. The lowest BCUT2D eigenvalue weighted by molar-refractivity contribution is -0.126. The second-order valence-corrected chi connectivity index (χ2v) is 3.33. The van der Waals surface area contributed by atoms with Gasteiger partial charge in [-0.3, -0.25) is 9.59 Å². The highest BCUT2D eigenvalue weighted by molar-refractivity contribution is 5.97. The summed E-state index contributed by atoms with van der Waals surface area (Å²) in [6.45, 7) is 2.95. The Morgan fingerprint density at radius 3 is 1.85 bits per heavy atom. The minimum Gasteiger partial charge on any atom is -0.300 e. The van der Waals surface area contributed by atoms with E-state index in [9.17, 15) is 14.4 Å². The third-order valence-corrected chi connectivity index (χ3v) is 1.68. The van der Waals surface area contributed by atoms with Crippen LogP contribution in [0, 0.1) is 0 Å². The van der Waals surface area contributed by atoms with E-state index in [-0.39, 0.29) is 23.8 Å². The third kappa shape index (κ3) is 8.92. The van der Waals surface area contributed by atoms with E-state index in [1.807, 2.05) is 0 Å². The fraction of sp³-hybridized carbons (Fsp3) is 0.700. The first-order valence-electron chi connectivity index (χ1n) is 4.53. The van der Waals surface area contributed by atoms with Gasteiger partial charge in [0, 0.05) is 12.8 Å². The molecule has 0 aliphatic heterocycles. The van der Waals surface area contributed by atoms with Crippen molar-refractivity contribution in [2.45, 2.75) is 46.0 Å². The van der Waals surface area contributed by atoms with Crippen molar-refractivity contribution in [2.75, 3.05) is 0 Å². The maximum atomic E-state index is 11.0. The van der Waals surface area contributed by atoms with E-state index in [0.717, 1.165) is 6.42 Å². The van der Waals surface area contributed by atoms with E-state index >= 15 is 0 Å². The van der Waals surface area contributed by atoms with Crippen LogP contribution in [0.5, 0.6) is 0 Å². The lowest BCUT2D eigenvalue weighted by Crippen LogP contribution is -2.04. The quantitative estimate of drug-likeness (QED) is 0.447. The molecule has 74 valence electrons. The van der Waals surface area contributed by atoms with Gasteiger partial charge in [0.25, 0.3) is 0 Å². The van der Waals surface area contributed by atoms with E-state index in [0.29, 0.717) is 19.3 Å². The molecule has 0 atom stereocenters. The van der Waals surface area contributed by atoms with Crippen LogP contribution in [0.15, 0.2) is 0 Å². The first-order valence-corrected chi connectivity index (χ1v) is 4.53. The number of carbonyl (C=O) groups is 3. The second kappa shape index (κ2) is 6.52. The van der Waals surface area contributed by atoms with Gasteiger partial charge in [-0.1, -0.05) is 0 Å². The van der Waals surface area contributed by atoms with Crippen LogP contribution in [0.4, 0.5) is 0 Å². The van der Waals surface area contributed by atoms with Crippen molar-refractivity contribution in [1.82, 2.24) is 0 Å². The van der Waals surface area contributed by atoms with Crippen molar-refractivity contribution >= 4 is 17.3 Å². The van der Waals surface area contributed by atoms with Crippen LogP contribution < -0.4 is 0 Å². The summed E-state index contributed by atoms with van der Waals surface area (Å²) in [6.07, 6.45) is 2.46. The molecule has 0 rings (SSSR count). The second-order valence-electron chi connectivity index (χ2n) is 3.33. The third-order valence-electron chi connectivity index (χ3n) is 1.68. The molecule has 0 radical (unpaired) electrons. The normalized spacial score (nSPS) is 9.69. The molecule has 0 aromatic rings. The van der Waals surface area contributed by atoms with Crippen molar-refractivity contribution in [3.63, 3.8) is 0 Å². The van der Waals surface area contributed by atoms with Gasteiger partial charge in [-0.25, -0.2) is 0 Å². The average Bonchev–Trinajstić information content (AvgIpc) is 1.96. The number of hydrogen-bond acceptors (Lipinski definition) is 3. The van der Waals surface area contributed by atoms with Gasteiger partial charge in [0.2, 0.25) is 0 Å². The molecule has 0 fully saturated rings. The van der Waals surface area contributed by atoms with E-state index in [1.165, 1.54) is 13.8 Å². The van der Waals surface area contributed by atoms with Crippen molar-refractivity contribution in [3.8, 4) is 0 Å². The topological polar surface area (TPSA) is 51.2 Å². The molecule has 0 unspecified atom stereocenters. The monoisotopic (exact) mass is 184 g/mol. The van der Waals surface area contributed by atoms with E-state index < -0.39 is 0 Å². The molecule has 0 aliphatic rings. The summed E-state index contributed by atoms with van der Waals surface area (Å²) >= 11 is 0. The number of hydrogen-bond donors (Lipinski definition) is 0. The fourth-order valence-corrected chi connectivity index (χ4v) is 1.06. The maximum Gasteiger partial charge on any atom is 0.140 e. The molecule has 3 nitrogen and oxygen atoms in total. The lowest BCUT2D eigenvalue weighted by Gasteiger charge is -1.97. The van der Waals surface area contributed by atoms with Gasteiger partial charge in [0.15, 0.2) is 0 Å². The first kappa shape index (κ1) is 12.0. The molecule has 0 saturated carbocycles. The van der Waals surface area contributed by atoms with Crippen LogP contribution in [-0.2, 0) is 14.4 Å². The molecule has 0 N–H and O–H groups in total. The van der Waals surface area contributed by atoms with Crippen LogP contribution in [0.2, 0.25) is 0 Å². The minimum absolute atomic E-state index is 0.0175. The summed E-state index contributed by atoms with van der Waals surface area (Å²) < 4.78 is 0. The summed E-state index contributed by atoms with van der Waals surface area (Å²) in [6, 6.07) is 0. The Labute approximate surface area is 78.5 Å². The molecular weight excluding hydrogens is 168 g/mol. The van der Waals surface area contributed by atoms with Crippen molar-refractivity contribution in [1.29, 1.82) is 0 Å². The zero-order chi connectivity index (χ0) is 10.3. The molecule has 0 aromatic heterocycles. The Kier molecular flexibility index (Phi) is 6.02. The highest BCUT2D eigenvalue weighted by Crippen LogP contribution is 2.03. The molecule has 0 spiro atoms. The van der Waals surface area contributed by atoms with Gasteiger partial charge >= 0.3 is 0 Å². The highest BCUT2D eigenvalue weighted by Gasteiger charge is 2.04. The zero-order valence-corrected chi connectivity index (χ0v) is 8.26. The van der Waals surface area contributed by atoms with Gasteiger partial charge < -0.3 is 4.79 Å². The Hall–Kier alpha value is -0.990. The number of unbranched alkanes of at least 4 members (excludes halogenated alkanes) is 1. The Morgan fingerprint density at radius 2 is 1.38 bits per heavy atom. The molecule has 0 aliphatic carbocycles. The molecule has 0 bridgehead atoms. The number of carbonyl (C=O) groups excluding carboxylic acids is 3. The summed E-state index contributed by atoms with van der Waals surface area (Å²) in [5.74, 6) is 0.0478. The SMILES string of the molecule is CC(=O)CCCCC(=O)CC(C)=O. The van der Waals surface area contributed by atoms with Crippen molar-refractivity contribution in [3.05, 3.63) is 0 Å². The molecule has 3 heteroatoms. The molecule has 0 aromatic carbocycles. The van der Waals surface area contributed by atoms with Gasteiger partial charge in [0.05, 0.1) is 6.42 Å². The van der Waals surface area contributed by atoms with Gasteiger partial charge in [-0.2, -0.15) is 0 Å². The molecule has 0 heterocycles. The van der Waals surface area contributed by atoms with Gasteiger partial charge in [-0.05, 0) is 26.7 Å². The number of Topliss-reactive ketones (excluding diaryl/α,β-unsaturated/α-hetero) is 3. The van der Waals surface area contributed by atoms with E-state index in [4.69, 9.17) is 0 Å². The van der Waals surface area contributed by atoms with Crippen molar-refractivity contribution in [2.24, 2.45) is 0 Å². The van der Waals surface area contributed by atoms with Crippen LogP contribution in [-0.4, -0.2) is 17.3 Å². The molecule has 0 amide bonds. The van der Waals surface area contributed by atoms with Gasteiger partial charge in [0.1, 0.15) is 17.3 Å². The maximum absolute atomic E-state index is 11.0. The predicted octanol–water partition coefficient (Wildman–Crippen LogP) is 1.68. The average molecular weight is 184 g/mol. The standard InChI is InChI=1S/C10H16O3/c1-8(11)5-3-4-6-10(13)7-9(2)12/h3-7H2,1-2H3. The molecular formula is C10H16O3. The van der Waals surface area contributed by atoms with Gasteiger partial charge in [-0.15, -0.1) is 0 Å². The number of rotatable bonds is 7. The van der Waals surface area contributed by atoms with Crippen LogP contribution in [0.1, 0.15) is 46.0 Å². The van der Waals surface area contributed by atoms with E-state index in [1.54, 1.807) is 0 Å². The Morgan fingerprint density at radius 1 is 0.846 bits per heavy atom. The predicted molar refractivity (Wildman–Crippen MR) is 49.5 cm³/mol. The Balaban J connectivity index is 3.37. The first-order chi connectivity index (χ1) is 6.02. The van der Waals surface area contributed by atoms with Crippen LogP contribution in [0.25, 0.3) is 0 Å². The Bertz CT molecular complexity index is 206. The molecule has 13 heavy (non-hydrogen) atoms. The summed E-state index contributed by atoms with van der Waals surface area (Å²) in [5, 5.41) is 0. The fourth-order valence-electron chi connectivity index (χ4n) is 1.06. The van der Waals surface area contributed by atoms with E-state index in [2.05, 4.69) is 0 Å². The smallest absolute Gasteiger partial charge is 0.140 e. The zero-order valence-electron chi connectivity index (χ0n) is 8.26.